The van der Waals surface area contributed by atoms with Crippen molar-refractivity contribution in [3.63, 3.8) is 0 Å². The lowest BCUT2D eigenvalue weighted by Gasteiger charge is -2.38. The zero-order valence-corrected chi connectivity index (χ0v) is 13.3. The van der Waals surface area contributed by atoms with Crippen molar-refractivity contribution in [2.45, 2.75) is 12.8 Å². The first-order valence-corrected chi connectivity index (χ1v) is 7.90. The Kier molecular flexibility index (Phi) is 3.57. The number of hydrogen-bond donors (Lipinski definition) is 0. The summed E-state index contributed by atoms with van der Waals surface area (Å²) in [6, 6.07) is 11.5. The number of aromatic nitrogens is 4. The maximum Gasteiger partial charge on any atom is 0.257 e. The third-order valence-electron chi connectivity index (χ3n) is 4.38. The molecule has 0 unspecified atom stereocenters. The second-order valence-corrected chi connectivity index (χ2v) is 5.91. The minimum Gasteiger partial charge on any atom is -0.337 e. The Balaban J connectivity index is 1.50. The molecule has 0 atom stereocenters. The van der Waals surface area contributed by atoms with E-state index in [9.17, 15) is 4.79 Å². The van der Waals surface area contributed by atoms with E-state index in [1.165, 1.54) is 0 Å². The summed E-state index contributed by atoms with van der Waals surface area (Å²) in [7, 11) is 0. The molecule has 0 N–H and O–H groups in total. The van der Waals surface area contributed by atoms with Crippen LogP contribution in [0.2, 0.25) is 0 Å². The molecule has 120 valence electrons. The Labute approximate surface area is 139 Å². The molecule has 6 nitrogen and oxygen atoms in total. The Morgan fingerprint density at radius 1 is 1.08 bits per heavy atom. The zero-order valence-electron chi connectivity index (χ0n) is 13.3. The van der Waals surface area contributed by atoms with Gasteiger partial charge in [-0.2, -0.15) is 5.10 Å². The lowest BCUT2D eigenvalue weighted by Crippen LogP contribution is -2.48. The van der Waals surface area contributed by atoms with Gasteiger partial charge < -0.3 is 4.90 Å². The van der Waals surface area contributed by atoms with Crippen molar-refractivity contribution < 1.29 is 4.79 Å². The smallest absolute Gasteiger partial charge is 0.257 e. The van der Waals surface area contributed by atoms with Gasteiger partial charge in [-0.1, -0.05) is 12.1 Å². The molecule has 1 amide bonds. The first kappa shape index (κ1) is 14.6. The van der Waals surface area contributed by atoms with E-state index in [-0.39, 0.29) is 5.91 Å². The van der Waals surface area contributed by atoms with Crippen molar-refractivity contribution in [1.29, 1.82) is 0 Å². The lowest BCUT2D eigenvalue weighted by atomic mass is 9.95. The van der Waals surface area contributed by atoms with Gasteiger partial charge in [0, 0.05) is 37.1 Å². The highest BCUT2D eigenvalue weighted by molar-refractivity contribution is 5.95. The van der Waals surface area contributed by atoms with E-state index in [1.807, 2.05) is 48.2 Å². The standard InChI is InChI=1S/C18H17N5O/c1-13-15(10-21-23(13)17-7-3-5-9-20-17)18(24)22-11-14(12-22)16-6-2-4-8-19-16/h2-10,14H,11-12H2,1H3. The third kappa shape index (κ3) is 2.46. The number of rotatable bonds is 3. The summed E-state index contributed by atoms with van der Waals surface area (Å²) in [6.07, 6.45) is 5.13. The highest BCUT2D eigenvalue weighted by atomic mass is 16.2. The van der Waals surface area contributed by atoms with Crippen LogP contribution in [-0.2, 0) is 0 Å². The first-order valence-electron chi connectivity index (χ1n) is 7.90. The molecule has 1 fully saturated rings. The van der Waals surface area contributed by atoms with Crippen molar-refractivity contribution in [2.75, 3.05) is 13.1 Å². The van der Waals surface area contributed by atoms with Crippen LogP contribution in [0.25, 0.3) is 5.82 Å². The van der Waals surface area contributed by atoms with E-state index < -0.39 is 0 Å². The predicted molar refractivity (Wildman–Crippen MR) is 89.0 cm³/mol. The summed E-state index contributed by atoms with van der Waals surface area (Å²) in [5.74, 6) is 1.05. The first-order chi connectivity index (χ1) is 11.7. The largest absolute Gasteiger partial charge is 0.337 e. The SMILES string of the molecule is Cc1c(C(=O)N2CC(c3ccccn3)C2)cnn1-c1ccccn1. The molecule has 6 heteroatoms. The number of carbonyl (C=O) groups excluding carboxylic acids is 1. The van der Waals surface area contributed by atoms with Crippen LogP contribution >= 0.6 is 0 Å². The maximum atomic E-state index is 12.7. The van der Waals surface area contributed by atoms with Gasteiger partial charge in [-0.15, -0.1) is 0 Å². The van der Waals surface area contributed by atoms with Crippen molar-refractivity contribution in [3.8, 4) is 5.82 Å². The predicted octanol–water partition coefficient (Wildman–Crippen LogP) is 2.21. The van der Waals surface area contributed by atoms with Crippen LogP contribution in [0.15, 0.2) is 55.0 Å². The molecule has 0 bridgehead atoms. The van der Waals surface area contributed by atoms with E-state index in [0.717, 1.165) is 11.4 Å². The van der Waals surface area contributed by atoms with Crippen LogP contribution in [0, 0.1) is 6.92 Å². The minimum absolute atomic E-state index is 0.0156. The highest BCUT2D eigenvalue weighted by Crippen LogP contribution is 2.27. The quantitative estimate of drug-likeness (QED) is 0.742. The summed E-state index contributed by atoms with van der Waals surface area (Å²) in [4.78, 5) is 23.2. The molecule has 0 aromatic carbocycles. The van der Waals surface area contributed by atoms with E-state index in [0.29, 0.717) is 30.4 Å². The molecule has 4 rings (SSSR count). The molecule has 3 aromatic heterocycles. The zero-order chi connectivity index (χ0) is 16.5. The van der Waals surface area contributed by atoms with Gasteiger partial charge >= 0.3 is 0 Å². The minimum atomic E-state index is 0.0156. The Bertz CT molecular complexity index is 854. The van der Waals surface area contributed by atoms with E-state index in [4.69, 9.17) is 0 Å². The summed E-state index contributed by atoms with van der Waals surface area (Å²) in [5.41, 5.74) is 2.47. The van der Waals surface area contributed by atoms with Crippen molar-refractivity contribution in [1.82, 2.24) is 24.6 Å². The van der Waals surface area contributed by atoms with Crippen LogP contribution in [0.1, 0.15) is 27.7 Å². The van der Waals surface area contributed by atoms with E-state index >= 15 is 0 Å². The summed E-state index contributed by atoms with van der Waals surface area (Å²) in [6.45, 7) is 3.29. The van der Waals surface area contributed by atoms with Crippen molar-refractivity contribution in [3.05, 3.63) is 71.9 Å². The van der Waals surface area contributed by atoms with Crippen LogP contribution in [-0.4, -0.2) is 43.6 Å². The Hall–Kier alpha value is -3.02. The molecule has 4 heterocycles. The van der Waals surface area contributed by atoms with Crippen LogP contribution in [0.3, 0.4) is 0 Å². The number of nitrogens with zero attached hydrogens (tertiary/aromatic N) is 5. The topological polar surface area (TPSA) is 63.9 Å². The van der Waals surface area contributed by atoms with Gasteiger partial charge in [-0.05, 0) is 31.2 Å². The molecule has 0 aliphatic carbocycles. The van der Waals surface area contributed by atoms with E-state index in [1.54, 1.807) is 23.3 Å². The number of pyridine rings is 2. The van der Waals surface area contributed by atoms with Crippen LogP contribution in [0.5, 0.6) is 0 Å². The summed E-state index contributed by atoms with van der Waals surface area (Å²) >= 11 is 0. The average Bonchev–Trinajstić information content (AvgIpc) is 2.97. The molecule has 3 aromatic rings. The highest BCUT2D eigenvalue weighted by Gasteiger charge is 2.34. The average molecular weight is 319 g/mol. The van der Waals surface area contributed by atoms with Crippen molar-refractivity contribution in [2.24, 2.45) is 0 Å². The fourth-order valence-electron chi connectivity index (χ4n) is 2.95. The fraction of sp³-hybridized carbons (Fsp3) is 0.222. The normalized spacial score (nSPS) is 14.5. The molecule has 0 saturated carbocycles. The van der Waals surface area contributed by atoms with Crippen LogP contribution < -0.4 is 0 Å². The van der Waals surface area contributed by atoms with Gasteiger partial charge in [0.05, 0.1) is 17.5 Å². The molecule has 1 aliphatic heterocycles. The van der Waals surface area contributed by atoms with Gasteiger partial charge in [-0.3, -0.25) is 9.78 Å². The van der Waals surface area contributed by atoms with Crippen LogP contribution in [0.4, 0.5) is 0 Å². The van der Waals surface area contributed by atoms with Gasteiger partial charge in [-0.25, -0.2) is 9.67 Å². The third-order valence-corrected chi connectivity index (χ3v) is 4.38. The number of carbonyl (C=O) groups is 1. The maximum absolute atomic E-state index is 12.7. The molecule has 24 heavy (non-hydrogen) atoms. The van der Waals surface area contributed by atoms with E-state index in [2.05, 4.69) is 15.1 Å². The van der Waals surface area contributed by atoms with Gasteiger partial charge in [0.1, 0.15) is 0 Å². The second kappa shape index (κ2) is 5.88. The van der Waals surface area contributed by atoms with Crippen molar-refractivity contribution >= 4 is 5.91 Å². The van der Waals surface area contributed by atoms with Gasteiger partial charge in [0.2, 0.25) is 0 Å². The van der Waals surface area contributed by atoms with Gasteiger partial charge in [0.15, 0.2) is 5.82 Å². The molecule has 1 saturated heterocycles. The van der Waals surface area contributed by atoms with Gasteiger partial charge in [0.25, 0.3) is 5.91 Å². The Morgan fingerprint density at radius 3 is 2.50 bits per heavy atom. The summed E-state index contributed by atoms with van der Waals surface area (Å²) in [5, 5.41) is 4.32. The Morgan fingerprint density at radius 2 is 1.83 bits per heavy atom. The molecular weight excluding hydrogens is 302 g/mol. The second-order valence-electron chi connectivity index (χ2n) is 5.91. The number of hydrogen-bond acceptors (Lipinski definition) is 4. The summed E-state index contributed by atoms with van der Waals surface area (Å²) < 4.78 is 1.70. The molecule has 0 radical (unpaired) electrons. The monoisotopic (exact) mass is 319 g/mol. The molecular formula is C18H17N5O. The number of likely N-dealkylation sites (tertiary alicyclic amines) is 1. The molecule has 0 spiro atoms. The lowest BCUT2D eigenvalue weighted by molar-refractivity contribution is 0.0598. The molecule has 1 aliphatic rings. The number of amides is 1. The fourth-order valence-corrected chi connectivity index (χ4v) is 2.95.